The molecule has 0 unspecified atom stereocenters. The summed E-state index contributed by atoms with van der Waals surface area (Å²) in [5.41, 5.74) is 0.169. The second kappa shape index (κ2) is 4.76. The first-order valence-corrected chi connectivity index (χ1v) is 5.08. The van der Waals surface area contributed by atoms with E-state index in [9.17, 15) is 8.78 Å². The average molecular weight is 230 g/mol. The summed E-state index contributed by atoms with van der Waals surface area (Å²) in [6.45, 7) is 2.68. The third-order valence-corrected chi connectivity index (χ3v) is 2.24. The van der Waals surface area contributed by atoms with Gasteiger partial charge in [0.25, 0.3) is 0 Å². The van der Waals surface area contributed by atoms with Gasteiger partial charge in [-0.25, -0.2) is 8.78 Å². The summed E-state index contributed by atoms with van der Waals surface area (Å²) in [5, 5.41) is 0. The van der Waals surface area contributed by atoms with Gasteiger partial charge >= 0.3 is 0 Å². The second-order valence-corrected chi connectivity index (χ2v) is 3.29. The largest absolute Gasteiger partial charge is 0.488 e. The van der Waals surface area contributed by atoms with E-state index in [2.05, 4.69) is 0 Å². The molecular weight excluding hydrogens is 218 g/mol. The molecular formula is C11H12F2O3. The minimum Gasteiger partial charge on any atom is -0.488 e. The van der Waals surface area contributed by atoms with Crippen molar-refractivity contribution in [3.8, 4) is 5.75 Å². The number of hydrogen-bond acceptors (Lipinski definition) is 3. The number of hydrogen-bond donors (Lipinski definition) is 0. The van der Waals surface area contributed by atoms with Crippen LogP contribution in [-0.2, 0) is 9.47 Å². The van der Waals surface area contributed by atoms with Crippen molar-refractivity contribution in [2.45, 2.75) is 13.2 Å². The van der Waals surface area contributed by atoms with Crippen LogP contribution >= 0.6 is 0 Å². The normalized spacial score (nSPS) is 16.7. The zero-order valence-electron chi connectivity index (χ0n) is 8.83. The highest BCUT2D eigenvalue weighted by molar-refractivity contribution is 5.33. The molecule has 1 aliphatic heterocycles. The molecule has 1 saturated heterocycles. The summed E-state index contributed by atoms with van der Waals surface area (Å²) >= 11 is 0. The summed E-state index contributed by atoms with van der Waals surface area (Å²) < 4.78 is 42.3. The Labute approximate surface area is 91.9 Å². The van der Waals surface area contributed by atoms with Crippen molar-refractivity contribution in [1.82, 2.24) is 0 Å². The molecule has 5 heteroatoms. The molecule has 1 aromatic carbocycles. The molecule has 0 radical (unpaired) electrons. The van der Waals surface area contributed by atoms with Gasteiger partial charge in [-0.1, -0.05) is 0 Å². The molecule has 2 rings (SSSR count). The highest BCUT2D eigenvalue weighted by Gasteiger charge is 2.25. The van der Waals surface area contributed by atoms with Gasteiger partial charge < -0.3 is 14.2 Å². The Bertz CT molecular complexity index is 376. The van der Waals surface area contributed by atoms with Crippen LogP contribution in [0, 0.1) is 11.6 Å². The number of benzene rings is 1. The average Bonchev–Trinajstić information content (AvgIpc) is 2.77. The van der Waals surface area contributed by atoms with Crippen LogP contribution in [0.5, 0.6) is 5.75 Å². The van der Waals surface area contributed by atoms with Gasteiger partial charge in [-0.3, -0.25) is 0 Å². The molecule has 1 fully saturated rings. The van der Waals surface area contributed by atoms with E-state index in [1.165, 1.54) is 6.07 Å². The van der Waals surface area contributed by atoms with Gasteiger partial charge in [0.2, 0.25) is 0 Å². The van der Waals surface area contributed by atoms with Crippen LogP contribution in [0.15, 0.2) is 12.1 Å². The molecule has 1 heterocycles. The summed E-state index contributed by atoms with van der Waals surface area (Å²) in [4.78, 5) is 0. The molecule has 1 aliphatic rings. The van der Waals surface area contributed by atoms with E-state index in [-0.39, 0.29) is 17.9 Å². The number of halogens is 2. The van der Waals surface area contributed by atoms with Crippen molar-refractivity contribution in [1.29, 1.82) is 0 Å². The van der Waals surface area contributed by atoms with E-state index in [1.54, 1.807) is 6.92 Å². The highest BCUT2D eigenvalue weighted by atomic mass is 19.1. The molecule has 3 nitrogen and oxygen atoms in total. The molecule has 1 aromatic rings. The maximum Gasteiger partial charge on any atom is 0.191 e. The summed E-state index contributed by atoms with van der Waals surface area (Å²) in [7, 11) is 0. The molecule has 88 valence electrons. The lowest BCUT2D eigenvalue weighted by molar-refractivity contribution is -0.0468. The predicted octanol–water partition coefficient (Wildman–Crippen LogP) is 2.41. The van der Waals surface area contributed by atoms with Gasteiger partial charge in [0.05, 0.1) is 19.8 Å². The quantitative estimate of drug-likeness (QED) is 0.798. The first-order valence-electron chi connectivity index (χ1n) is 5.08. The van der Waals surface area contributed by atoms with E-state index in [4.69, 9.17) is 14.2 Å². The van der Waals surface area contributed by atoms with Crippen LogP contribution in [0.1, 0.15) is 18.8 Å². The zero-order chi connectivity index (χ0) is 11.5. The lowest BCUT2D eigenvalue weighted by Gasteiger charge is -2.13. The maximum atomic E-state index is 13.8. The topological polar surface area (TPSA) is 27.7 Å². The fraction of sp³-hybridized carbons (Fsp3) is 0.455. The van der Waals surface area contributed by atoms with Gasteiger partial charge in [0.1, 0.15) is 0 Å². The Balaban J connectivity index is 2.35. The van der Waals surface area contributed by atoms with Crippen LogP contribution < -0.4 is 4.74 Å². The molecule has 0 spiro atoms. The lowest BCUT2D eigenvalue weighted by Crippen LogP contribution is -2.06. The SMILES string of the molecule is CCOc1c(F)ccc(C2OCCO2)c1F. The van der Waals surface area contributed by atoms with Gasteiger partial charge in [-0.15, -0.1) is 0 Å². The van der Waals surface area contributed by atoms with E-state index in [0.717, 1.165) is 6.07 Å². The van der Waals surface area contributed by atoms with Gasteiger partial charge in [0, 0.05) is 5.56 Å². The Morgan fingerprint density at radius 1 is 1.31 bits per heavy atom. The van der Waals surface area contributed by atoms with Crippen LogP contribution in [0.2, 0.25) is 0 Å². The third kappa shape index (κ3) is 2.01. The fourth-order valence-electron chi connectivity index (χ4n) is 1.54. The molecule has 0 aliphatic carbocycles. The van der Waals surface area contributed by atoms with E-state index in [0.29, 0.717) is 13.2 Å². The van der Waals surface area contributed by atoms with Crippen molar-refractivity contribution < 1.29 is 23.0 Å². The molecule has 16 heavy (non-hydrogen) atoms. The van der Waals surface area contributed by atoms with E-state index >= 15 is 0 Å². The second-order valence-electron chi connectivity index (χ2n) is 3.29. The minimum atomic E-state index is -0.764. The molecule has 0 atom stereocenters. The molecule has 0 bridgehead atoms. The van der Waals surface area contributed by atoms with Crippen molar-refractivity contribution >= 4 is 0 Å². The fourth-order valence-corrected chi connectivity index (χ4v) is 1.54. The van der Waals surface area contributed by atoms with Crippen LogP contribution in [-0.4, -0.2) is 19.8 Å². The van der Waals surface area contributed by atoms with Crippen molar-refractivity contribution in [3.05, 3.63) is 29.3 Å². The van der Waals surface area contributed by atoms with E-state index in [1.807, 2.05) is 0 Å². The minimum absolute atomic E-state index is 0.169. The lowest BCUT2D eigenvalue weighted by atomic mass is 10.2. The predicted molar refractivity (Wildman–Crippen MR) is 52.2 cm³/mol. The zero-order valence-corrected chi connectivity index (χ0v) is 8.83. The molecule has 0 amide bonds. The number of rotatable bonds is 3. The Hall–Kier alpha value is -1.20. The summed E-state index contributed by atoms with van der Waals surface area (Å²) in [5.74, 6) is -1.85. The third-order valence-electron chi connectivity index (χ3n) is 2.24. The monoisotopic (exact) mass is 230 g/mol. The van der Waals surface area contributed by atoms with Crippen molar-refractivity contribution in [2.24, 2.45) is 0 Å². The molecule has 0 saturated carbocycles. The van der Waals surface area contributed by atoms with Crippen molar-refractivity contribution in [3.63, 3.8) is 0 Å². The first-order chi connectivity index (χ1) is 7.74. The molecule has 0 aromatic heterocycles. The Morgan fingerprint density at radius 3 is 2.62 bits per heavy atom. The Kier molecular flexibility index (Phi) is 3.36. The summed E-state index contributed by atoms with van der Waals surface area (Å²) in [6.07, 6.45) is -0.764. The smallest absolute Gasteiger partial charge is 0.191 e. The van der Waals surface area contributed by atoms with Gasteiger partial charge in [-0.05, 0) is 19.1 Å². The molecule has 0 N–H and O–H groups in total. The van der Waals surface area contributed by atoms with Gasteiger partial charge in [0.15, 0.2) is 23.7 Å². The highest BCUT2D eigenvalue weighted by Crippen LogP contribution is 2.32. The van der Waals surface area contributed by atoms with E-state index < -0.39 is 17.9 Å². The first kappa shape index (κ1) is 11.3. The van der Waals surface area contributed by atoms with Crippen LogP contribution in [0.4, 0.5) is 8.78 Å². The maximum absolute atomic E-state index is 13.8. The Morgan fingerprint density at radius 2 is 2.00 bits per heavy atom. The van der Waals surface area contributed by atoms with Crippen LogP contribution in [0.3, 0.4) is 0 Å². The summed E-state index contributed by atoms with van der Waals surface area (Å²) in [6, 6.07) is 2.46. The van der Waals surface area contributed by atoms with Crippen molar-refractivity contribution in [2.75, 3.05) is 19.8 Å². The standard InChI is InChI=1S/C11H12F2O3/c1-2-14-10-8(12)4-3-7(9(10)13)11-15-5-6-16-11/h3-4,11H,2,5-6H2,1H3. The van der Waals surface area contributed by atoms with Crippen LogP contribution in [0.25, 0.3) is 0 Å². The van der Waals surface area contributed by atoms with Gasteiger partial charge in [-0.2, -0.15) is 0 Å². The number of ether oxygens (including phenoxy) is 3.